The van der Waals surface area contributed by atoms with E-state index in [0.717, 1.165) is 0 Å². The van der Waals surface area contributed by atoms with Crippen molar-refractivity contribution in [2.45, 2.75) is 13.0 Å². The number of carbonyl (C=O) groups is 2. The molecule has 0 bridgehead atoms. The van der Waals surface area contributed by atoms with Crippen LogP contribution in [0.4, 0.5) is 0 Å². The molecule has 0 aromatic heterocycles. The molecule has 15 heavy (non-hydrogen) atoms. The van der Waals surface area contributed by atoms with Crippen LogP contribution in [0, 0.1) is 0 Å². The van der Waals surface area contributed by atoms with Crippen molar-refractivity contribution < 1.29 is 24.5 Å². The van der Waals surface area contributed by atoms with Crippen molar-refractivity contribution in [3.8, 4) is 0 Å². The van der Waals surface area contributed by atoms with Crippen LogP contribution in [0.25, 0.3) is 0 Å². The van der Waals surface area contributed by atoms with Crippen molar-refractivity contribution in [2.24, 2.45) is 0 Å². The average Bonchev–Trinajstić information content (AvgIpc) is 2.45. The van der Waals surface area contributed by atoms with Gasteiger partial charge in [0.15, 0.2) is 5.76 Å². The van der Waals surface area contributed by atoms with Gasteiger partial charge in [-0.3, -0.25) is 4.79 Å². The molecule has 0 saturated carbocycles. The quantitative estimate of drug-likeness (QED) is 0.675. The molecule has 2 N–H and O–H groups in total. The van der Waals surface area contributed by atoms with Crippen LogP contribution in [0.2, 0.25) is 0 Å². The third-order valence-corrected chi connectivity index (χ3v) is 2.28. The van der Waals surface area contributed by atoms with Gasteiger partial charge >= 0.3 is 5.97 Å². The molecule has 0 fully saturated rings. The summed E-state index contributed by atoms with van der Waals surface area (Å²) >= 11 is 0. The Kier molecular flexibility index (Phi) is 3.31. The predicted molar refractivity (Wildman–Crippen MR) is 50.3 cm³/mol. The fourth-order valence-electron chi connectivity index (χ4n) is 1.44. The number of amides is 1. The summed E-state index contributed by atoms with van der Waals surface area (Å²) in [6, 6.07) is -0.263. The van der Waals surface area contributed by atoms with E-state index < -0.39 is 17.6 Å². The van der Waals surface area contributed by atoms with Gasteiger partial charge in [0.2, 0.25) is 0 Å². The molecule has 0 saturated heterocycles. The molecule has 6 nitrogen and oxygen atoms in total. The van der Waals surface area contributed by atoms with E-state index in [1.165, 1.54) is 12.0 Å². The highest BCUT2D eigenvalue weighted by molar-refractivity contribution is 6.04. The molecule has 1 aliphatic rings. The third-order valence-electron chi connectivity index (χ3n) is 2.28. The van der Waals surface area contributed by atoms with Crippen LogP contribution >= 0.6 is 0 Å². The summed E-state index contributed by atoms with van der Waals surface area (Å²) in [5.41, 5.74) is -0.261. The number of hydrogen-bond donors (Lipinski definition) is 2. The van der Waals surface area contributed by atoms with Gasteiger partial charge in [-0.05, 0) is 6.92 Å². The summed E-state index contributed by atoms with van der Waals surface area (Å²) in [7, 11) is 1.49. The van der Waals surface area contributed by atoms with E-state index in [1.54, 1.807) is 6.92 Å². The van der Waals surface area contributed by atoms with Gasteiger partial charge in [-0.1, -0.05) is 0 Å². The molecule has 0 aromatic rings. The molecule has 1 heterocycles. The van der Waals surface area contributed by atoms with Gasteiger partial charge in [0.05, 0.1) is 19.2 Å². The van der Waals surface area contributed by atoms with Gasteiger partial charge in [0.25, 0.3) is 5.91 Å². The number of hydrogen-bond acceptors (Lipinski definition) is 4. The average molecular weight is 215 g/mol. The largest absolute Gasteiger partial charge is 0.503 e. The number of aliphatic carboxylic acids is 1. The second kappa shape index (κ2) is 4.31. The molecule has 0 radical (unpaired) electrons. The Morgan fingerprint density at radius 3 is 2.67 bits per heavy atom. The number of aliphatic hydroxyl groups is 1. The van der Waals surface area contributed by atoms with Crippen LogP contribution in [0.5, 0.6) is 0 Å². The fourth-order valence-corrected chi connectivity index (χ4v) is 1.44. The summed E-state index contributed by atoms with van der Waals surface area (Å²) in [5, 5.41) is 18.0. The summed E-state index contributed by atoms with van der Waals surface area (Å²) < 4.78 is 4.85. The molecule has 1 amide bonds. The minimum atomic E-state index is -1.27. The van der Waals surface area contributed by atoms with Crippen molar-refractivity contribution in [3.05, 3.63) is 11.3 Å². The highest BCUT2D eigenvalue weighted by Crippen LogP contribution is 2.19. The normalized spacial score (nSPS) is 18.5. The van der Waals surface area contributed by atoms with Gasteiger partial charge in [-0.25, -0.2) is 4.79 Å². The van der Waals surface area contributed by atoms with E-state index in [-0.39, 0.29) is 18.2 Å². The van der Waals surface area contributed by atoms with E-state index in [9.17, 15) is 14.7 Å². The number of carbonyl (C=O) groups excluding carboxylic acids is 1. The van der Waals surface area contributed by atoms with Crippen molar-refractivity contribution in [2.75, 3.05) is 20.3 Å². The Morgan fingerprint density at radius 2 is 2.27 bits per heavy atom. The van der Waals surface area contributed by atoms with Crippen LogP contribution in [0.15, 0.2) is 11.3 Å². The molecule has 0 spiro atoms. The SMILES string of the molecule is COCC(C)N1CC(C(=O)O)=C(O)C1=O. The number of aliphatic hydroxyl groups excluding tert-OH is 1. The van der Waals surface area contributed by atoms with Gasteiger partial charge in [-0.2, -0.15) is 0 Å². The first-order chi connectivity index (χ1) is 6.99. The van der Waals surface area contributed by atoms with Crippen LogP contribution in [0.1, 0.15) is 6.92 Å². The zero-order chi connectivity index (χ0) is 11.6. The molecular weight excluding hydrogens is 202 g/mol. The second-order valence-corrected chi connectivity index (χ2v) is 3.37. The minimum Gasteiger partial charge on any atom is -0.503 e. The summed E-state index contributed by atoms with van der Waals surface area (Å²) in [4.78, 5) is 23.4. The lowest BCUT2D eigenvalue weighted by Gasteiger charge is -2.23. The van der Waals surface area contributed by atoms with Crippen LogP contribution in [0.3, 0.4) is 0 Å². The smallest absolute Gasteiger partial charge is 0.337 e. The van der Waals surface area contributed by atoms with E-state index in [0.29, 0.717) is 6.61 Å². The second-order valence-electron chi connectivity index (χ2n) is 3.37. The van der Waals surface area contributed by atoms with Crippen molar-refractivity contribution in [1.29, 1.82) is 0 Å². The lowest BCUT2D eigenvalue weighted by Crippen LogP contribution is -2.38. The standard InChI is InChI=1S/C9H13NO5/c1-5(4-15-2)10-3-6(9(13)14)7(11)8(10)12/h5,11H,3-4H2,1-2H3,(H,13,14). The number of carboxylic acid groups (broad SMARTS) is 1. The van der Waals surface area contributed by atoms with Crippen LogP contribution < -0.4 is 0 Å². The monoisotopic (exact) mass is 215 g/mol. The summed E-state index contributed by atoms with van der Waals surface area (Å²) in [6.45, 7) is 1.94. The zero-order valence-corrected chi connectivity index (χ0v) is 8.56. The van der Waals surface area contributed by atoms with Crippen molar-refractivity contribution in [3.63, 3.8) is 0 Å². The maximum absolute atomic E-state index is 11.4. The molecule has 1 unspecified atom stereocenters. The Hall–Kier alpha value is -1.56. The van der Waals surface area contributed by atoms with E-state index in [2.05, 4.69) is 0 Å². The Bertz CT molecular complexity index is 322. The van der Waals surface area contributed by atoms with Crippen LogP contribution in [-0.4, -0.2) is 53.3 Å². The Balaban J connectivity index is 2.79. The van der Waals surface area contributed by atoms with Gasteiger partial charge < -0.3 is 19.8 Å². The van der Waals surface area contributed by atoms with E-state index in [4.69, 9.17) is 9.84 Å². The van der Waals surface area contributed by atoms with Gasteiger partial charge in [-0.15, -0.1) is 0 Å². The van der Waals surface area contributed by atoms with E-state index in [1.807, 2.05) is 0 Å². The Labute approximate surface area is 86.7 Å². The first kappa shape index (κ1) is 11.5. The molecule has 1 atom stereocenters. The predicted octanol–water partition coefficient (Wildman–Crippen LogP) is -0.240. The minimum absolute atomic E-state index is 0.0788. The topological polar surface area (TPSA) is 87.1 Å². The first-order valence-electron chi connectivity index (χ1n) is 4.44. The molecule has 0 aromatic carbocycles. The molecule has 0 aliphatic carbocycles. The molecule has 6 heteroatoms. The van der Waals surface area contributed by atoms with Gasteiger partial charge in [0.1, 0.15) is 5.57 Å². The summed E-state index contributed by atoms with van der Waals surface area (Å²) in [5.74, 6) is -2.60. The molecule has 84 valence electrons. The van der Waals surface area contributed by atoms with Crippen LogP contribution in [-0.2, 0) is 14.3 Å². The highest BCUT2D eigenvalue weighted by Gasteiger charge is 2.36. The number of carboxylic acids is 1. The fraction of sp³-hybridized carbons (Fsp3) is 0.556. The third kappa shape index (κ3) is 2.10. The lowest BCUT2D eigenvalue weighted by molar-refractivity contribution is -0.133. The van der Waals surface area contributed by atoms with Gasteiger partial charge in [0, 0.05) is 7.11 Å². The maximum Gasteiger partial charge on any atom is 0.337 e. The van der Waals surface area contributed by atoms with Crippen molar-refractivity contribution in [1.82, 2.24) is 4.90 Å². The highest BCUT2D eigenvalue weighted by atomic mass is 16.5. The number of rotatable bonds is 4. The molecule has 1 aliphatic heterocycles. The zero-order valence-electron chi connectivity index (χ0n) is 8.56. The number of methoxy groups -OCH3 is 1. The summed E-state index contributed by atoms with van der Waals surface area (Å²) in [6.07, 6.45) is 0. The first-order valence-corrected chi connectivity index (χ1v) is 4.44. The number of nitrogens with zero attached hydrogens (tertiary/aromatic N) is 1. The molecule has 1 rings (SSSR count). The maximum atomic E-state index is 11.4. The molecular formula is C9H13NO5. The Morgan fingerprint density at radius 1 is 1.67 bits per heavy atom. The number of ether oxygens (including phenoxy) is 1. The van der Waals surface area contributed by atoms with Crippen molar-refractivity contribution >= 4 is 11.9 Å². The van der Waals surface area contributed by atoms with E-state index >= 15 is 0 Å². The lowest BCUT2D eigenvalue weighted by atomic mass is 10.2.